The van der Waals surface area contributed by atoms with Crippen molar-refractivity contribution >= 4 is 11.0 Å². The van der Waals surface area contributed by atoms with Crippen molar-refractivity contribution in [3.8, 4) is 0 Å². The van der Waals surface area contributed by atoms with Crippen molar-refractivity contribution in [2.75, 3.05) is 6.61 Å². The third-order valence-corrected chi connectivity index (χ3v) is 3.62. The van der Waals surface area contributed by atoms with E-state index < -0.39 is 0 Å². The van der Waals surface area contributed by atoms with Gasteiger partial charge in [0.2, 0.25) is 0 Å². The van der Waals surface area contributed by atoms with Gasteiger partial charge in [-0.1, -0.05) is 20.8 Å². The maximum absolute atomic E-state index is 5.59. The molecule has 2 aromatic heterocycles. The molecular weight excluding hydrogens is 238 g/mol. The van der Waals surface area contributed by atoms with Crippen molar-refractivity contribution in [3.05, 3.63) is 23.8 Å². The zero-order chi connectivity index (χ0) is 13.6. The highest BCUT2D eigenvalue weighted by Gasteiger charge is 2.27. The van der Waals surface area contributed by atoms with E-state index in [1.807, 2.05) is 13.1 Å². The van der Waals surface area contributed by atoms with Gasteiger partial charge in [0.1, 0.15) is 11.3 Å². The fourth-order valence-corrected chi connectivity index (χ4v) is 2.52. The summed E-state index contributed by atoms with van der Waals surface area (Å²) in [5.74, 6) is 1.12. The Morgan fingerprint density at radius 1 is 1.42 bits per heavy atom. The van der Waals surface area contributed by atoms with E-state index in [2.05, 4.69) is 36.4 Å². The molecule has 3 heterocycles. The normalized spacial score (nSPS) is 19.7. The lowest BCUT2D eigenvalue weighted by molar-refractivity contribution is -0.0592. The highest BCUT2D eigenvalue weighted by atomic mass is 16.5. The number of pyridine rings is 1. The molecule has 0 amide bonds. The molecule has 0 aromatic carbocycles. The summed E-state index contributed by atoms with van der Waals surface area (Å²) in [6.45, 7) is 10.4. The van der Waals surface area contributed by atoms with Crippen LogP contribution in [-0.4, -0.2) is 27.2 Å². The Balaban J connectivity index is 2.14. The lowest BCUT2D eigenvalue weighted by Crippen LogP contribution is -2.33. The summed E-state index contributed by atoms with van der Waals surface area (Å²) in [5, 5.41) is 0. The quantitative estimate of drug-likeness (QED) is 0.832. The van der Waals surface area contributed by atoms with Crippen molar-refractivity contribution < 1.29 is 4.74 Å². The fourth-order valence-electron chi connectivity index (χ4n) is 2.52. The van der Waals surface area contributed by atoms with Gasteiger partial charge in [0.05, 0.1) is 24.4 Å². The van der Waals surface area contributed by atoms with Gasteiger partial charge < -0.3 is 9.30 Å². The zero-order valence-corrected chi connectivity index (χ0v) is 12.1. The fraction of sp³-hybridized carbons (Fsp3) is 0.600. The molecule has 4 nitrogen and oxygen atoms in total. The zero-order valence-electron chi connectivity index (χ0n) is 12.1. The van der Waals surface area contributed by atoms with Gasteiger partial charge in [0, 0.05) is 17.7 Å². The first-order valence-electron chi connectivity index (χ1n) is 6.90. The van der Waals surface area contributed by atoms with Crippen LogP contribution in [0.1, 0.15) is 38.7 Å². The van der Waals surface area contributed by atoms with E-state index >= 15 is 0 Å². The van der Waals surface area contributed by atoms with Crippen LogP contribution in [0.3, 0.4) is 0 Å². The van der Waals surface area contributed by atoms with Crippen molar-refractivity contribution in [2.24, 2.45) is 0 Å². The molecule has 19 heavy (non-hydrogen) atoms. The van der Waals surface area contributed by atoms with E-state index in [-0.39, 0.29) is 5.41 Å². The molecule has 0 unspecified atom stereocenters. The number of ether oxygens (including phenoxy) is 1. The summed E-state index contributed by atoms with van der Waals surface area (Å²) in [4.78, 5) is 9.13. The van der Waals surface area contributed by atoms with E-state index in [9.17, 15) is 0 Å². The molecule has 4 heteroatoms. The van der Waals surface area contributed by atoms with Gasteiger partial charge in [-0.2, -0.15) is 0 Å². The van der Waals surface area contributed by atoms with Gasteiger partial charge in [-0.05, 0) is 19.4 Å². The van der Waals surface area contributed by atoms with Crippen LogP contribution < -0.4 is 0 Å². The highest BCUT2D eigenvalue weighted by Crippen LogP contribution is 2.28. The Morgan fingerprint density at radius 2 is 2.16 bits per heavy atom. The van der Waals surface area contributed by atoms with Gasteiger partial charge >= 0.3 is 0 Å². The first-order chi connectivity index (χ1) is 8.95. The molecule has 102 valence electrons. The third-order valence-electron chi connectivity index (χ3n) is 3.62. The minimum absolute atomic E-state index is 0.0245. The number of nitrogens with zero attached hydrogens (tertiary/aromatic N) is 3. The van der Waals surface area contributed by atoms with Crippen LogP contribution in [0, 0.1) is 6.92 Å². The summed E-state index contributed by atoms with van der Waals surface area (Å²) in [5.41, 5.74) is 3.21. The topological polar surface area (TPSA) is 39.9 Å². The molecule has 0 bridgehead atoms. The molecule has 3 rings (SSSR count). The van der Waals surface area contributed by atoms with Crippen molar-refractivity contribution in [1.82, 2.24) is 14.5 Å². The summed E-state index contributed by atoms with van der Waals surface area (Å²) in [6.07, 6.45) is 3.36. The molecule has 0 saturated carbocycles. The van der Waals surface area contributed by atoms with E-state index in [1.165, 1.54) is 5.52 Å². The minimum Gasteiger partial charge on any atom is -0.376 e. The van der Waals surface area contributed by atoms with Crippen LogP contribution >= 0.6 is 0 Å². The molecule has 1 aliphatic rings. The summed E-state index contributed by atoms with van der Waals surface area (Å²) in [6, 6.07) is 2.12. The molecule has 1 fully saturated rings. The molecule has 0 spiro atoms. The number of aryl methyl sites for hydroxylation is 1. The standard InChI is InChI=1S/C15H21N3O/c1-10-7-13-12(8-16-10)17-14(15(2,3)4)18(13)9-11-5-6-19-11/h7-8,11H,5-6,9H2,1-4H3/t11-/m0/s1. The maximum atomic E-state index is 5.59. The molecule has 0 aliphatic carbocycles. The maximum Gasteiger partial charge on any atom is 0.115 e. The second-order valence-corrected chi connectivity index (χ2v) is 6.39. The van der Waals surface area contributed by atoms with Gasteiger partial charge in [0.15, 0.2) is 0 Å². The first-order valence-corrected chi connectivity index (χ1v) is 6.90. The van der Waals surface area contributed by atoms with Crippen molar-refractivity contribution in [3.63, 3.8) is 0 Å². The van der Waals surface area contributed by atoms with Crippen LogP contribution in [-0.2, 0) is 16.7 Å². The summed E-state index contributed by atoms with van der Waals surface area (Å²) in [7, 11) is 0. The molecule has 2 aromatic rings. The van der Waals surface area contributed by atoms with Gasteiger partial charge in [-0.3, -0.25) is 4.98 Å². The molecule has 1 saturated heterocycles. The lowest BCUT2D eigenvalue weighted by atomic mass is 9.95. The van der Waals surface area contributed by atoms with Crippen LogP contribution in [0.15, 0.2) is 12.3 Å². The van der Waals surface area contributed by atoms with Gasteiger partial charge in [0.25, 0.3) is 0 Å². The third kappa shape index (κ3) is 2.25. The number of fused-ring (bicyclic) bond motifs is 1. The molecular formula is C15H21N3O. The Bertz CT molecular complexity index is 606. The monoisotopic (exact) mass is 259 g/mol. The number of aromatic nitrogens is 3. The van der Waals surface area contributed by atoms with E-state index in [0.29, 0.717) is 6.10 Å². The second kappa shape index (κ2) is 4.30. The molecule has 0 radical (unpaired) electrons. The number of imidazole rings is 1. The van der Waals surface area contributed by atoms with Crippen LogP contribution in [0.2, 0.25) is 0 Å². The number of hydrogen-bond acceptors (Lipinski definition) is 3. The second-order valence-electron chi connectivity index (χ2n) is 6.39. The smallest absolute Gasteiger partial charge is 0.115 e. The Morgan fingerprint density at radius 3 is 2.74 bits per heavy atom. The SMILES string of the molecule is Cc1cc2c(cn1)nc(C(C)(C)C)n2C[C@@H]1CCO1. The predicted octanol–water partition coefficient (Wildman–Crippen LogP) is 2.83. The Hall–Kier alpha value is -1.42. The average Bonchev–Trinajstić information content (AvgIpc) is 2.61. The van der Waals surface area contributed by atoms with E-state index in [4.69, 9.17) is 9.72 Å². The molecule has 1 atom stereocenters. The average molecular weight is 259 g/mol. The summed E-state index contributed by atoms with van der Waals surface area (Å²) < 4.78 is 7.90. The van der Waals surface area contributed by atoms with E-state index in [0.717, 1.165) is 36.6 Å². The predicted molar refractivity (Wildman–Crippen MR) is 75.3 cm³/mol. The first kappa shape index (κ1) is 12.6. The van der Waals surface area contributed by atoms with Gasteiger partial charge in [-0.25, -0.2) is 4.98 Å². The van der Waals surface area contributed by atoms with Crippen LogP contribution in [0.4, 0.5) is 0 Å². The van der Waals surface area contributed by atoms with Crippen LogP contribution in [0.5, 0.6) is 0 Å². The number of rotatable bonds is 2. The Kier molecular flexibility index (Phi) is 2.86. The number of hydrogen-bond donors (Lipinski definition) is 0. The van der Waals surface area contributed by atoms with Gasteiger partial charge in [-0.15, -0.1) is 0 Å². The lowest BCUT2D eigenvalue weighted by Gasteiger charge is -2.29. The van der Waals surface area contributed by atoms with Crippen molar-refractivity contribution in [2.45, 2.75) is 52.2 Å². The minimum atomic E-state index is 0.0245. The van der Waals surface area contributed by atoms with E-state index in [1.54, 1.807) is 0 Å². The van der Waals surface area contributed by atoms with Crippen LogP contribution in [0.25, 0.3) is 11.0 Å². The summed E-state index contributed by atoms with van der Waals surface area (Å²) >= 11 is 0. The largest absolute Gasteiger partial charge is 0.376 e. The highest BCUT2D eigenvalue weighted by molar-refractivity contribution is 5.75. The van der Waals surface area contributed by atoms with Crippen molar-refractivity contribution in [1.29, 1.82) is 0 Å². The molecule has 1 aliphatic heterocycles. The Labute approximate surface area is 113 Å². The molecule has 0 N–H and O–H groups in total.